The Kier molecular flexibility index (Phi) is 7.23. The van der Waals surface area contributed by atoms with Gasteiger partial charge in [0.1, 0.15) is 0 Å². The van der Waals surface area contributed by atoms with E-state index in [2.05, 4.69) is 29.1 Å². The van der Waals surface area contributed by atoms with Gasteiger partial charge in [-0.05, 0) is 24.7 Å². The molecule has 1 aliphatic carbocycles. The maximum Gasteiger partial charge on any atom is 0.310 e. The van der Waals surface area contributed by atoms with Crippen LogP contribution in [0.15, 0.2) is 4.99 Å². The van der Waals surface area contributed by atoms with Crippen LogP contribution in [0.2, 0.25) is 0 Å². The highest BCUT2D eigenvalue weighted by atomic mass is 127. The van der Waals surface area contributed by atoms with Crippen LogP contribution < -0.4 is 5.32 Å². The molecule has 21 heavy (non-hydrogen) atoms. The number of guanidine groups is 1. The molecule has 2 fully saturated rings. The van der Waals surface area contributed by atoms with Gasteiger partial charge in [-0.2, -0.15) is 0 Å². The van der Waals surface area contributed by atoms with Crippen molar-refractivity contribution in [2.24, 2.45) is 22.7 Å². The number of rotatable bonds is 4. The van der Waals surface area contributed by atoms with Crippen molar-refractivity contribution in [1.82, 2.24) is 10.2 Å². The zero-order valence-electron chi connectivity index (χ0n) is 13.5. The zero-order chi connectivity index (χ0) is 14.7. The number of aliphatic imine (C=N–C) groups is 1. The van der Waals surface area contributed by atoms with E-state index in [-0.39, 0.29) is 35.9 Å². The average Bonchev–Trinajstić information content (AvgIpc) is 3.06. The van der Waals surface area contributed by atoms with Crippen LogP contribution in [-0.2, 0) is 9.53 Å². The highest BCUT2D eigenvalue weighted by Crippen LogP contribution is 2.35. The third-order valence-electron chi connectivity index (χ3n) is 4.52. The van der Waals surface area contributed by atoms with Gasteiger partial charge in [0.05, 0.1) is 13.0 Å². The number of hydrogen-bond acceptors (Lipinski definition) is 3. The Morgan fingerprint density at radius 2 is 2.14 bits per heavy atom. The number of ether oxygens (including phenoxy) is 1. The third-order valence-corrected chi connectivity index (χ3v) is 4.52. The van der Waals surface area contributed by atoms with Crippen molar-refractivity contribution in [3.05, 3.63) is 0 Å². The molecule has 0 aromatic rings. The van der Waals surface area contributed by atoms with Crippen LogP contribution >= 0.6 is 24.0 Å². The summed E-state index contributed by atoms with van der Waals surface area (Å²) in [5.41, 5.74) is 0. The van der Waals surface area contributed by atoms with Crippen molar-refractivity contribution < 1.29 is 9.53 Å². The van der Waals surface area contributed by atoms with E-state index < -0.39 is 0 Å². The molecule has 0 amide bonds. The lowest BCUT2D eigenvalue weighted by molar-refractivity contribution is -0.145. The van der Waals surface area contributed by atoms with Crippen LogP contribution in [0.1, 0.15) is 33.1 Å². The van der Waals surface area contributed by atoms with Gasteiger partial charge in [0, 0.05) is 26.2 Å². The minimum Gasteiger partial charge on any atom is -0.469 e. The number of carbonyl (C=O) groups excluding carboxylic acids is 1. The topological polar surface area (TPSA) is 53.9 Å². The van der Waals surface area contributed by atoms with Gasteiger partial charge < -0.3 is 15.0 Å². The molecule has 1 N–H and O–H groups in total. The molecule has 5 nitrogen and oxygen atoms in total. The molecule has 1 saturated carbocycles. The van der Waals surface area contributed by atoms with Gasteiger partial charge in [-0.1, -0.05) is 20.3 Å². The monoisotopic (exact) mass is 409 g/mol. The lowest BCUT2D eigenvalue weighted by Crippen LogP contribution is -2.42. The molecule has 4 unspecified atom stereocenters. The predicted molar refractivity (Wildman–Crippen MR) is 95.0 cm³/mol. The second-order valence-corrected chi connectivity index (χ2v) is 6.09. The predicted octanol–water partition coefficient (Wildman–Crippen LogP) is 2.11. The van der Waals surface area contributed by atoms with Crippen LogP contribution in [0, 0.1) is 17.8 Å². The second-order valence-electron chi connectivity index (χ2n) is 6.09. The molecule has 0 spiro atoms. The summed E-state index contributed by atoms with van der Waals surface area (Å²) in [7, 11) is 3.28. The van der Waals surface area contributed by atoms with Gasteiger partial charge in [-0.25, -0.2) is 0 Å². The van der Waals surface area contributed by atoms with E-state index in [0.29, 0.717) is 18.5 Å². The second kappa shape index (κ2) is 8.19. The Morgan fingerprint density at radius 1 is 1.43 bits per heavy atom. The molecule has 4 atom stereocenters. The van der Waals surface area contributed by atoms with Gasteiger partial charge in [0.25, 0.3) is 0 Å². The largest absolute Gasteiger partial charge is 0.469 e. The lowest BCUT2D eigenvalue weighted by atomic mass is 9.99. The highest BCUT2D eigenvalue weighted by molar-refractivity contribution is 14.0. The van der Waals surface area contributed by atoms with E-state index in [1.165, 1.54) is 26.4 Å². The summed E-state index contributed by atoms with van der Waals surface area (Å²) in [6.07, 6.45) is 3.78. The van der Waals surface area contributed by atoms with Crippen LogP contribution in [-0.4, -0.2) is 50.1 Å². The fraction of sp³-hybridized carbons (Fsp3) is 0.867. The Morgan fingerprint density at radius 3 is 2.71 bits per heavy atom. The number of esters is 1. The minimum absolute atomic E-state index is 0. The van der Waals surface area contributed by atoms with Crippen molar-refractivity contribution in [1.29, 1.82) is 0 Å². The molecule has 1 heterocycles. The fourth-order valence-corrected chi connectivity index (χ4v) is 3.18. The summed E-state index contributed by atoms with van der Waals surface area (Å²) in [6.45, 7) is 5.91. The molecule has 0 aromatic heterocycles. The number of hydrogen-bond donors (Lipinski definition) is 1. The van der Waals surface area contributed by atoms with E-state index in [0.717, 1.165) is 18.4 Å². The van der Waals surface area contributed by atoms with E-state index in [1.54, 1.807) is 0 Å². The van der Waals surface area contributed by atoms with Crippen LogP contribution in [0.5, 0.6) is 0 Å². The van der Waals surface area contributed by atoms with Crippen molar-refractivity contribution in [3.63, 3.8) is 0 Å². The first-order valence-electron chi connectivity index (χ1n) is 7.66. The van der Waals surface area contributed by atoms with Gasteiger partial charge in [-0.3, -0.25) is 9.79 Å². The molecule has 2 aliphatic rings. The quantitative estimate of drug-likeness (QED) is 0.335. The van der Waals surface area contributed by atoms with Crippen LogP contribution in [0.3, 0.4) is 0 Å². The fourth-order valence-electron chi connectivity index (χ4n) is 3.18. The summed E-state index contributed by atoms with van der Waals surface area (Å²) in [5.74, 6) is 1.90. The SMILES string of the molecule is CCCC1CC1NC(=NC)N1CC(C)C(C(=O)OC)C1.I. The average molecular weight is 409 g/mol. The molecule has 122 valence electrons. The van der Waals surface area contributed by atoms with Crippen molar-refractivity contribution in [3.8, 4) is 0 Å². The summed E-state index contributed by atoms with van der Waals surface area (Å²) < 4.78 is 4.88. The Hall–Kier alpha value is -0.530. The maximum atomic E-state index is 11.7. The summed E-state index contributed by atoms with van der Waals surface area (Å²) in [6, 6.07) is 0.570. The molecular formula is C15H28IN3O2. The van der Waals surface area contributed by atoms with E-state index >= 15 is 0 Å². The molecule has 1 aliphatic heterocycles. The first-order valence-corrected chi connectivity index (χ1v) is 7.66. The zero-order valence-corrected chi connectivity index (χ0v) is 15.8. The Bertz CT molecular complexity index is 389. The third kappa shape index (κ3) is 4.47. The van der Waals surface area contributed by atoms with Crippen molar-refractivity contribution in [2.45, 2.75) is 39.2 Å². The molecule has 0 aromatic carbocycles. The molecule has 6 heteroatoms. The molecule has 0 radical (unpaired) electrons. The number of carbonyl (C=O) groups is 1. The van der Waals surface area contributed by atoms with E-state index in [9.17, 15) is 4.79 Å². The van der Waals surface area contributed by atoms with Gasteiger partial charge in [0.15, 0.2) is 5.96 Å². The Balaban J connectivity index is 0.00000220. The number of nitrogens with zero attached hydrogens (tertiary/aromatic N) is 2. The standard InChI is InChI=1S/C15H27N3O2.HI/c1-5-6-11-7-13(11)17-15(16-3)18-8-10(2)12(9-18)14(19)20-4;/h10-13H,5-9H2,1-4H3,(H,16,17);1H. The molecule has 2 rings (SSSR count). The van der Waals surface area contributed by atoms with Gasteiger partial charge in [0.2, 0.25) is 0 Å². The van der Waals surface area contributed by atoms with Gasteiger partial charge >= 0.3 is 5.97 Å². The maximum absolute atomic E-state index is 11.7. The molecule has 0 bridgehead atoms. The smallest absolute Gasteiger partial charge is 0.310 e. The number of halogens is 1. The van der Waals surface area contributed by atoms with Gasteiger partial charge in [-0.15, -0.1) is 24.0 Å². The molecule has 1 saturated heterocycles. The van der Waals surface area contributed by atoms with Crippen LogP contribution in [0.25, 0.3) is 0 Å². The van der Waals surface area contributed by atoms with Crippen molar-refractivity contribution in [2.75, 3.05) is 27.2 Å². The minimum atomic E-state index is -0.106. The Labute approximate surface area is 144 Å². The summed E-state index contributed by atoms with van der Waals surface area (Å²) >= 11 is 0. The summed E-state index contributed by atoms with van der Waals surface area (Å²) in [4.78, 5) is 18.3. The highest BCUT2D eigenvalue weighted by Gasteiger charge is 2.40. The van der Waals surface area contributed by atoms with E-state index in [1.807, 2.05) is 7.05 Å². The van der Waals surface area contributed by atoms with Crippen LogP contribution in [0.4, 0.5) is 0 Å². The van der Waals surface area contributed by atoms with Crippen molar-refractivity contribution >= 4 is 35.9 Å². The number of nitrogens with one attached hydrogen (secondary N) is 1. The normalized spacial score (nSPS) is 31.6. The number of likely N-dealkylation sites (tertiary alicyclic amines) is 1. The molecular weight excluding hydrogens is 381 g/mol. The number of methoxy groups -OCH3 is 1. The summed E-state index contributed by atoms with van der Waals surface area (Å²) in [5, 5.41) is 3.54. The first-order chi connectivity index (χ1) is 9.60. The van der Waals surface area contributed by atoms with E-state index in [4.69, 9.17) is 4.74 Å². The lowest BCUT2D eigenvalue weighted by Gasteiger charge is -2.21. The first kappa shape index (κ1) is 18.5.